The molecule has 4 heteroatoms. The first-order valence-corrected chi connectivity index (χ1v) is 38.4. The van der Waals surface area contributed by atoms with Crippen molar-refractivity contribution in [1.82, 2.24) is 4.57 Å². The molecule has 0 radical (unpaired) electrons. The minimum atomic E-state index is -0.628. The number of benzene rings is 17. The highest BCUT2D eigenvalue weighted by Crippen LogP contribution is 2.69. The van der Waals surface area contributed by atoms with E-state index < -0.39 is 16.2 Å². The molecule has 0 N–H and O–H groups in total. The van der Waals surface area contributed by atoms with Crippen molar-refractivity contribution >= 4 is 79.0 Å². The van der Waals surface area contributed by atoms with E-state index in [1.54, 1.807) is 0 Å². The van der Waals surface area contributed by atoms with E-state index in [9.17, 15) is 0 Å². The molecule has 6 aliphatic carbocycles. The normalized spacial score (nSPS) is 15.0. The summed E-state index contributed by atoms with van der Waals surface area (Å²) in [6.45, 7) is -0.272. The number of anilines is 6. The topological polar surface area (TPSA) is 11.4 Å². The number of nitrogens with zero attached hydrogens (tertiary/aromatic N) is 3. The summed E-state index contributed by atoms with van der Waals surface area (Å²) in [6.07, 6.45) is 0. The van der Waals surface area contributed by atoms with E-state index in [4.69, 9.17) is 0 Å². The summed E-state index contributed by atoms with van der Waals surface area (Å²) in [7, 11) is 0. The highest BCUT2D eigenvalue weighted by molar-refractivity contribution is 7.00. The zero-order valence-corrected chi connectivity index (χ0v) is 59.2. The largest absolute Gasteiger partial charge is 0.311 e. The lowest BCUT2D eigenvalue weighted by Gasteiger charge is -2.46. The van der Waals surface area contributed by atoms with Crippen molar-refractivity contribution in [1.29, 1.82) is 0 Å². The lowest BCUT2D eigenvalue weighted by molar-refractivity contribution is 0.793. The molecule has 2 aliphatic heterocycles. The Morgan fingerprint density at radius 3 is 1.06 bits per heavy atom. The van der Waals surface area contributed by atoms with Gasteiger partial charge in [0.1, 0.15) is 0 Å². The molecule has 3 spiro atoms. The molecule has 500 valence electrons. The summed E-state index contributed by atoms with van der Waals surface area (Å²) < 4.78 is 2.57. The van der Waals surface area contributed by atoms with E-state index in [1.807, 2.05) is 0 Å². The van der Waals surface area contributed by atoms with Gasteiger partial charge in [0.25, 0.3) is 6.71 Å². The molecule has 0 saturated carbocycles. The third-order valence-electron chi connectivity index (χ3n) is 26.6. The molecule has 18 aromatic rings. The van der Waals surface area contributed by atoms with Crippen LogP contribution in [0.5, 0.6) is 0 Å². The molecule has 0 bridgehead atoms. The Bertz CT molecular complexity index is 6950. The van der Waals surface area contributed by atoms with Crippen molar-refractivity contribution in [2.75, 3.05) is 9.80 Å². The van der Waals surface area contributed by atoms with E-state index >= 15 is 0 Å². The van der Waals surface area contributed by atoms with Crippen molar-refractivity contribution in [3.8, 4) is 83.6 Å². The van der Waals surface area contributed by atoms with Crippen LogP contribution in [0.3, 0.4) is 0 Å². The first-order chi connectivity index (χ1) is 54.1. The standard InChI is InChI=1S/C105H62BN3/c1-2-26-63(27-3-1)64-50-52-65(53-51-64)107-97-62-92-80(75-35-11-22-46-88(75)105(92)85-43-19-8-32-72(85)73-33-9-20-44-86(73)105)61-94(97)106-93-57-56-90-100(79-38-12-23-47-89(79)103(90)81-39-15-4-28-68(81)69-29-5-16-40-82(69)103)102(93)109(99-60-67(59-98(107)101(99)106)108-95-48-24-13-36-77(95)78-37-14-25-49-96(78)108)66-54-55-76-74-34-10-21-45-87(74)104(91(76)58-66)83-41-17-6-30-70(83)71-31-7-18-42-84(71)104/h1-62H. The zero-order valence-electron chi connectivity index (χ0n) is 59.2. The number of aromatic nitrogens is 1. The van der Waals surface area contributed by atoms with Gasteiger partial charge in [0.05, 0.1) is 33.0 Å². The van der Waals surface area contributed by atoms with Gasteiger partial charge < -0.3 is 14.4 Å². The minimum absolute atomic E-state index is 0.272. The van der Waals surface area contributed by atoms with Gasteiger partial charge in [-0.2, -0.15) is 0 Å². The fourth-order valence-corrected chi connectivity index (χ4v) is 22.8. The van der Waals surface area contributed by atoms with Gasteiger partial charge in [0, 0.05) is 50.5 Å². The van der Waals surface area contributed by atoms with Crippen LogP contribution >= 0.6 is 0 Å². The Balaban J connectivity index is 0.843. The van der Waals surface area contributed by atoms with Gasteiger partial charge in [-0.1, -0.05) is 322 Å². The van der Waals surface area contributed by atoms with Crippen LogP contribution < -0.4 is 26.2 Å². The number of fused-ring (bicyclic) bond motifs is 38. The number of para-hydroxylation sites is 2. The molecule has 17 aromatic carbocycles. The molecular weight excluding hydrogens is 1310 g/mol. The van der Waals surface area contributed by atoms with E-state index in [0.717, 1.165) is 39.5 Å². The Labute approximate surface area is 631 Å². The molecule has 1 aromatic heterocycles. The predicted octanol–water partition coefficient (Wildman–Crippen LogP) is 23.6. The summed E-state index contributed by atoms with van der Waals surface area (Å²) in [5.74, 6) is 0. The maximum absolute atomic E-state index is 2.79. The first kappa shape index (κ1) is 58.5. The van der Waals surface area contributed by atoms with Gasteiger partial charge in [-0.3, -0.25) is 0 Å². The average molecular weight is 1380 g/mol. The molecule has 0 fully saturated rings. The van der Waals surface area contributed by atoms with Gasteiger partial charge in [0.2, 0.25) is 0 Å². The van der Waals surface area contributed by atoms with Crippen LogP contribution in [0.15, 0.2) is 376 Å². The summed E-state index contributed by atoms with van der Waals surface area (Å²) >= 11 is 0. The fourth-order valence-electron chi connectivity index (χ4n) is 22.8. The first-order valence-electron chi connectivity index (χ1n) is 38.4. The van der Waals surface area contributed by atoms with E-state index in [2.05, 4.69) is 390 Å². The van der Waals surface area contributed by atoms with Crippen molar-refractivity contribution in [3.05, 3.63) is 443 Å². The summed E-state index contributed by atoms with van der Waals surface area (Å²) in [5.41, 5.74) is 45.8. The molecule has 8 aliphatic rings. The highest BCUT2D eigenvalue weighted by Gasteiger charge is 2.58. The quantitative estimate of drug-likeness (QED) is 0.163. The molecular formula is C105H62BN3. The Morgan fingerprint density at radius 2 is 0.578 bits per heavy atom. The van der Waals surface area contributed by atoms with Gasteiger partial charge in [-0.05, 0) is 210 Å². The van der Waals surface area contributed by atoms with Crippen LogP contribution in [-0.4, -0.2) is 11.3 Å². The molecule has 109 heavy (non-hydrogen) atoms. The number of rotatable bonds is 4. The Hall–Kier alpha value is -13.8. The van der Waals surface area contributed by atoms with Crippen LogP contribution in [0.2, 0.25) is 0 Å². The Kier molecular flexibility index (Phi) is 11.2. The second-order valence-electron chi connectivity index (χ2n) is 31.1. The summed E-state index contributed by atoms with van der Waals surface area (Å²) in [4.78, 5) is 5.48. The van der Waals surface area contributed by atoms with Gasteiger partial charge in [0.15, 0.2) is 0 Å². The third kappa shape index (κ3) is 6.96. The SMILES string of the molecule is c1ccc(-c2ccc(N3c4cc5c(cc4B4c6ccc7c(c6N(c6ccc8c(c6)C6(c9ccccc9-c9ccccc96)c6ccccc6-8)c6cc(-n8c9ccccc9c9ccccc98)cc3c64)-c3ccccc3C73c4ccccc4-c4ccccc43)-c3ccccc3C53c4ccccc4-c4ccccc43)cc2)cc1. The summed E-state index contributed by atoms with van der Waals surface area (Å²) in [6, 6.07) is 146. The smallest absolute Gasteiger partial charge is 0.252 e. The van der Waals surface area contributed by atoms with Gasteiger partial charge in [-0.15, -0.1) is 0 Å². The van der Waals surface area contributed by atoms with E-state index in [-0.39, 0.29) is 6.71 Å². The molecule has 0 saturated heterocycles. The van der Waals surface area contributed by atoms with Crippen LogP contribution in [0.25, 0.3) is 105 Å². The maximum Gasteiger partial charge on any atom is 0.252 e. The summed E-state index contributed by atoms with van der Waals surface area (Å²) in [5, 5.41) is 2.44. The number of hydrogen-bond donors (Lipinski definition) is 0. The Morgan fingerprint density at radius 1 is 0.211 bits per heavy atom. The third-order valence-corrected chi connectivity index (χ3v) is 26.6. The monoisotopic (exact) mass is 1380 g/mol. The lowest BCUT2D eigenvalue weighted by Crippen LogP contribution is -2.61. The fraction of sp³-hybridized carbons (Fsp3) is 0.0286. The van der Waals surface area contributed by atoms with Crippen molar-refractivity contribution < 1.29 is 0 Å². The van der Waals surface area contributed by atoms with Crippen molar-refractivity contribution in [2.24, 2.45) is 0 Å². The average Bonchev–Trinajstić information content (AvgIpc) is 1.40. The molecule has 3 heterocycles. The molecule has 0 unspecified atom stereocenters. The van der Waals surface area contributed by atoms with Crippen LogP contribution in [-0.2, 0) is 16.2 Å². The van der Waals surface area contributed by atoms with Crippen molar-refractivity contribution in [3.63, 3.8) is 0 Å². The second kappa shape index (κ2) is 20.8. The van der Waals surface area contributed by atoms with Crippen LogP contribution in [0, 0.1) is 0 Å². The van der Waals surface area contributed by atoms with Gasteiger partial charge in [-0.25, -0.2) is 0 Å². The predicted molar refractivity (Wildman–Crippen MR) is 449 cm³/mol. The zero-order chi connectivity index (χ0) is 70.7. The highest BCUT2D eigenvalue weighted by atomic mass is 15.2. The lowest BCUT2D eigenvalue weighted by atomic mass is 9.33. The molecule has 3 nitrogen and oxygen atoms in total. The number of hydrogen-bond acceptors (Lipinski definition) is 2. The van der Waals surface area contributed by atoms with E-state index in [0.29, 0.717) is 0 Å². The minimum Gasteiger partial charge on any atom is -0.311 e. The molecule has 0 amide bonds. The van der Waals surface area contributed by atoms with Crippen LogP contribution in [0.1, 0.15) is 66.8 Å². The van der Waals surface area contributed by atoms with Crippen LogP contribution in [0.4, 0.5) is 34.1 Å². The second-order valence-corrected chi connectivity index (χ2v) is 31.1. The van der Waals surface area contributed by atoms with E-state index in [1.165, 1.54) is 183 Å². The molecule has 26 rings (SSSR count). The van der Waals surface area contributed by atoms with Crippen molar-refractivity contribution in [2.45, 2.75) is 16.2 Å². The van der Waals surface area contributed by atoms with Gasteiger partial charge >= 0.3 is 0 Å². The maximum atomic E-state index is 2.79. The molecule has 0 atom stereocenters.